The summed E-state index contributed by atoms with van der Waals surface area (Å²) in [6, 6.07) is 4.13. The number of rotatable bonds is 5. The maximum Gasteiger partial charge on any atom is 0.231 e. The standard InChI is InChI=1S/C16H23N3O2/c1-4-11(17)8-19-13-7-15-14(20-9-21-15)6-12(13)18-16(19)5-10(2)3/h6-7,10-11H,4-5,8-9,17H2,1-3H3. The van der Waals surface area contributed by atoms with E-state index in [2.05, 4.69) is 25.3 Å². The van der Waals surface area contributed by atoms with Crippen LogP contribution >= 0.6 is 0 Å². The van der Waals surface area contributed by atoms with E-state index in [1.165, 1.54) is 0 Å². The van der Waals surface area contributed by atoms with Crippen molar-refractivity contribution in [1.82, 2.24) is 9.55 Å². The first-order valence-electron chi connectivity index (χ1n) is 7.62. The zero-order valence-corrected chi connectivity index (χ0v) is 12.9. The largest absolute Gasteiger partial charge is 0.454 e. The SMILES string of the molecule is CCC(N)Cn1c(CC(C)C)nc2cc3c(cc21)OCO3. The first-order valence-corrected chi connectivity index (χ1v) is 7.62. The van der Waals surface area contributed by atoms with E-state index in [0.717, 1.165) is 47.7 Å². The predicted octanol–water partition coefficient (Wildman–Crippen LogP) is 2.70. The molecule has 3 rings (SSSR count). The van der Waals surface area contributed by atoms with Crippen LogP contribution in [-0.2, 0) is 13.0 Å². The second kappa shape index (κ2) is 5.56. The molecule has 1 aromatic heterocycles. The van der Waals surface area contributed by atoms with Gasteiger partial charge in [0.25, 0.3) is 0 Å². The van der Waals surface area contributed by atoms with Crippen molar-refractivity contribution in [1.29, 1.82) is 0 Å². The highest BCUT2D eigenvalue weighted by Gasteiger charge is 2.20. The fourth-order valence-corrected chi connectivity index (χ4v) is 2.65. The number of nitrogens with zero attached hydrogens (tertiary/aromatic N) is 2. The average Bonchev–Trinajstić information content (AvgIpc) is 3.00. The van der Waals surface area contributed by atoms with Gasteiger partial charge in [0.2, 0.25) is 6.79 Å². The predicted molar refractivity (Wildman–Crippen MR) is 82.7 cm³/mol. The Kier molecular flexibility index (Phi) is 3.76. The van der Waals surface area contributed by atoms with Crippen LogP contribution in [0.1, 0.15) is 33.0 Å². The van der Waals surface area contributed by atoms with Crippen LogP contribution in [0.3, 0.4) is 0 Å². The van der Waals surface area contributed by atoms with E-state index in [1.54, 1.807) is 0 Å². The summed E-state index contributed by atoms with van der Waals surface area (Å²) in [5, 5.41) is 0. The second-order valence-electron chi connectivity index (χ2n) is 6.10. The first kappa shape index (κ1) is 14.2. The third-order valence-electron chi connectivity index (χ3n) is 3.85. The molecular weight excluding hydrogens is 266 g/mol. The molecule has 21 heavy (non-hydrogen) atoms. The Morgan fingerprint density at radius 2 is 2.00 bits per heavy atom. The number of nitrogens with two attached hydrogens (primary N) is 1. The van der Waals surface area contributed by atoms with Gasteiger partial charge in [-0.1, -0.05) is 20.8 Å². The normalized spacial score (nSPS) is 15.1. The number of hydrogen-bond donors (Lipinski definition) is 1. The maximum absolute atomic E-state index is 6.16. The van der Waals surface area contributed by atoms with Gasteiger partial charge in [0.1, 0.15) is 5.82 Å². The van der Waals surface area contributed by atoms with Gasteiger partial charge in [-0.25, -0.2) is 4.98 Å². The lowest BCUT2D eigenvalue weighted by molar-refractivity contribution is 0.174. The monoisotopic (exact) mass is 289 g/mol. The second-order valence-corrected chi connectivity index (χ2v) is 6.10. The van der Waals surface area contributed by atoms with Gasteiger partial charge >= 0.3 is 0 Å². The van der Waals surface area contributed by atoms with Gasteiger partial charge in [0.05, 0.1) is 11.0 Å². The molecule has 0 amide bonds. The zero-order valence-electron chi connectivity index (χ0n) is 12.9. The molecule has 0 spiro atoms. The van der Waals surface area contributed by atoms with Crippen LogP contribution in [0.4, 0.5) is 0 Å². The molecule has 0 bridgehead atoms. The van der Waals surface area contributed by atoms with E-state index in [9.17, 15) is 0 Å². The third-order valence-corrected chi connectivity index (χ3v) is 3.85. The summed E-state index contributed by atoms with van der Waals surface area (Å²) >= 11 is 0. The molecular formula is C16H23N3O2. The molecule has 114 valence electrons. The van der Waals surface area contributed by atoms with Crippen molar-refractivity contribution >= 4 is 11.0 Å². The molecule has 1 aliphatic rings. The van der Waals surface area contributed by atoms with Gasteiger partial charge in [0.15, 0.2) is 11.5 Å². The Hall–Kier alpha value is -1.75. The summed E-state index contributed by atoms with van der Waals surface area (Å²) in [5.74, 6) is 3.22. The smallest absolute Gasteiger partial charge is 0.231 e. The average molecular weight is 289 g/mol. The van der Waals surface area contributed by atoms with E-state index >= 15 is 0 Å². The molecule has 1 unspecified atom stereocenters. The van der Waals surface area contributed by atoms with E-state index in [-0.39, 0.29) is 12.8 Å². The van der Waals surface area contributed by atoms with Crippen LogP contribution in [0.2, 0.25) is 0 Å². The van der Waals surface area contributed by atoms with Crippen LogP contribution in [0.25, 0.3) is 11.0 Å². The number of ether oxygens (including phenoxy) is 2. The lowest BCUT2D eigenvalue weighted by atomic mass is 10.1. The summed E-state index contributed by atoms with van der Waals surface area (Å²) in [5.41, 5.74) is 8.20. The minimum absolute atomic E-state index is 0.138. The Labute approximate surface area is 125 Å². The highest BCUT2D eigenvalue weighted by Crippen LogP contribution is 2.36. The van der Waals surface area contributed by atoms with Gasteiger partial charge in [0, 0.05) is 31.1 Å². The Morgan fingerprint density at radius 3 is 2.67 bits per heavy atom. The van der Waals surface area contributed by atoms with E-state index < -0.39 is 0 Å². The first-order chi connectivity index (χ1) is 10.1. The van der Waals surface area contributed by atoms with Crippen molar-refractivity contribution in [2.45, 2.75) is 46.2 Å². The summed E-state index contributed by atoms with van der Waals surface area (Å²) in [6.07, 6.45) is 1.89. The zero-order chi connectivity index (χ0) is 15.0. The summed E-state index contributed by atoms with van der Waals surface area (Å²) < 4.78 is 13.2. The molecule has 2 aromatic rings. The van der Waals surface area contributed by atoms with E-state index in [0.29, 0.717) is 5.92 Å². The minimum Gasteiger partial charge on any atom is -0.454 e. The molecule has 1 aliphatic heterocycles. The lowest BCUT2D eigenvalue weighted by Crippen LogP contribution is -2.26. The number of hydrogen-bond acceptors (Lipinski definition) is 4. The molecule has 1 atom stereocenters. The van der Waals surface area contributed by atoms with Crippen LogP contribution in [0.5, 0.6) is 11.5 Å². The number of fused-ring (bicyclic) bond motifs is 2. The van der Waals surface area contributed by atoms with Gasteiger partial charge in [-0.15, -0.1) is 0 Å². The Bertz CT molecular complexity index is 648. The quantitative estimate of drug-likeness (QED) is 0.919. The fraction of sp³-hybridized carbons (Fsp3) is 0.562. The fourth-order valence-electron chi connectivity index (χ4n) is 2.65. The van der Waals surface area contributed by atoms with Crippen LogP contribution in [0.15, 0.2) is 12.1 Å². The third kappa shape index (κ3) is 2.70. The van der Waals surface area contributed by atoms with E-state index in [1.807, 2.05) is 12.1 Å². The maximum atomic E-state index is 6.16. The van der Waals surface area contributed by atoms with Crippen molar-refractivity contribution in [3.63, 3.8) is 0 Å². The van der Waals surface area contributed by atoms with Crippen LogP contribution in [-0.4, -0.2) is 22.4 Å². The van der Waals surface area contributed by atoms with Gasteiger partial charge in [-0.2, -0.15) is 0 Å². The van der Waals surface area contributed by atoms with Crippen molar-refractivity contribution < 1.29 is 9.47 Å². The minimum atomic E-state index is 0.138. The Morgan fingerprint density at radius 1 is 1.29 bits per heavy atom. The molecule has 2 N–H and O–H groups in total. The molecule has 1 aromatic carbocycles. The molecule has 2 heterocycles. The summed E-state index contributed by atoms with van der Waals surface area (Å²) in [4.78, 5) is 4.79. The van der Waals surface area contributed by atoms with Crippen LogP contribution < -0.4 is 15.2 Å². The number of benzene rings is 1. The molecule has 0 radical (unpaired) electrons. The molecule has 0 saturated heterocycles. The summed E-state index contributed by atoms with van der Waals surface area (Å²) in [7, 11) is 0. The molecule has 0 saturated carbocycles. The van der Waals surface area contributed by atoms with Gasteiger partial charge in [-0.3, -0.25) is 0 Å². The van der Waals surface area contributed by atoms with Crippen LogP contribution in [0, 0.1) is 5.92 Å². The van der Waals surface area contributed by atoms with Gasteiger partial charge in [-0.05, 0) is 12.3 Å². The topological polar surface area (TPSA) is 62.3 Å². The van der Waals surface area contributed by atoms with E-state index in [4.69, 9.17) is 20.2 Å². The summed E-state index contributed by atoms with van der Waals surface area (Å²) in [6.45, 7) is 7.59. The number of aromatic nitrogens is 2. The van der Waals surface area contributed by atoms with Crippen molar-refractivity contribution in [3.05, 3.63) is 18.0 Å². The highest BCUT2D eigenvalue weighted by molar-refractivity contribution is 5.81. The molecule has 5 nitrogen and oxygen atoms in total. The molecule has 0 fully saturated rings. The Balaban J connectivity index is 2.09. The number of imidazole rings is 1. The molecule has 5 heteroatoms. The lowest BCUT2D eigenvalue weighted by Gasteiger charge is -2.15. The highest BCUT2D eigenvalue weighted by atomic mass is 16.7. The van der Waals surface area contributed by atoms with Crippen molar-refractivity contribution in [3.8, 4) is 11.5 Å². The van der Waals surface area contributed by atoms with Crippen molar-refractivity contribution in [2.24, 2.45) is 11.7 Å². The van der Waals surface area contributed by atoms with Gasteiger partial charge < -0.3 is 19.8 Å². The van der Waals surface area contributed by atoms with Crippen molar-refractivity contribution in [2.75, 3.05) is 6.79 Å². The molecule has 0 aliphatic carbocycles.